The van der Waals surface area contributed by atoms with E-state index in [1.54, 1.807) is 7.11 Å². The molecule has 1 heterocycles. The number of H-pyrrole nitrogens is 1. The Morgan fingerprint density at radius 1 is 1.85 bits per heavy atom. The van der Waals surface area contributed by atoms with E-state index in [1.165, 1.54) is 6.20 Å². The van der Waals surface area contributed by atoms with E-state index in [0.29, 0.717) is 12.1 Å². The average molecular weight is 184 g/mol. The minimum absolute atomic E-state index is 0.175. The van der Waals surface area contributed by atoms with Gasteiger partial charge in [-0.25, -0.2) is 4.79 Å². The van der Waals surface area contributed by atoms with Gasteiger partial charge in [-0.05, 0) is 6.42 Å². The third-order valence-electron chi connectivity index (χ3n) is 1.88. The molecule has 1 unspecified atom stereocenters. The Balaban J connectivity index is 2.98. The van der Waals surface area contributed by atoms with Crippen LogP contribution in [0.25, 0.3) is 0 Å². The number of hydrogen-bond acceptors (Lipinski definition) is 3. The summed E-state index contributed by atoms with van der Waals surface area (Å²) >= 11 is 0. The number of aromatic nitrogens is 2. The fraction of sp³-hybridized carbons (Fsp3) is 0.500. The zero-order valence-corrected chi connectivity index (χ0v) is 7.57. The first kappa shape index (κ1) is 9.73. The largest absolute Gasteiger partial charge is 0.478 e. The molecule has 13 heavy (non-hydrogen) atoms. The summed E-state index contributed by atoms with van der Waals surface area (Å²) in [5, 5.41) is 15.1. The Morgan fingerprint density at radius 3 is 3.00 bits per heavy atom. The molecule has 0 aromatic carbocycles. The van der Waals surface area contributed by atoms with Gasteiger partial charge in [0.2, 0.25) is 0 Å². The maximum Gasteiger partial charge on any atom is 0.339 e. The summed E-state index contributed by atoms with van der Waals surface area (Å²) in [7, 11) is 1.54. The van der Waals surface area contributed by atoms with Gasteiger partial charge in [0.25, 0.3) is 0 Å². The van der Waals surface area contributed by atoms with Crippen molar-refractivity contribution >= 4 is 5.97 Å². The smallest absolute Gasteiger partial charge is 0.339 e. The first-order valence-corrected chi connectivity index (χ1v) is 4.00. The first-order valence-electron chi connectivity index (χ1n) is 4.00. The Bertz CT molecular complexity index is 291. The monoisotopic (exact) mass is 184 g/mol. The van der Waals surface area contributed by atoms with Crippen molar-refractivity contribution in [2.75, 3.05) is 7.11 Å². The minimum Gasteiger partial charge on any atom is -0.478 e. The summed E-state index contributed by atoms with van der Waals surface area (Å²) in [6, 6.07) is 0. The minimum atomic E-state index is -0.987. The average Bonchev–Trinajstić information content (AvgIpc) is 2.55. The highest BCUT2D eigenvalue weighted by Gasteiger charge is 2.19. The first-order chi connectivity index (χ1) is 6.20. The molecule has 0 bridgehead atoms. The fourth-order valence-electron chi connectivity index (χ4n) is 1.20. The van der Waals surface area contributed by atoms with Gasteiger partial charge in [-0.2, -0.15) is 5.10 Å². The van der Waals surface area contributed by atoms with E-state index < -0.39 is 5.97 Å². The summed E-state index contributed by atoms with van der Waals surface area (Å²) in [5.74, 6) is -0.987. The van der Waals surface area contributed by atoms with Gasteiger partial charge in [-0.15, -0.1) is 0 Å². The molecule has 0 aliphatic heterocycles. The fourth-order valence-corrected chi connectivity index (χ4v) is 1.20. The quantitative estimate of drug-likeness (QED) is 0.737. The Hall–Kier alpha value is -1.36. The number of hydrogen-bond donors (Lipinski definition) is 2. The van der Waals surface area contributed by atoms with Crippen molar-refractivity contribution in [1.29, 1.82) is 0 Å². The van der Waals surface area contributed by atoms with Crippen LogP contribution in [0.15, 0.2) is 6.20 Å². The van der Waals surface area contributed by atoms with Crippen LogP contribution in [0.2, 0.25) is 0 Å². The molecule has 0 saturated heterocycles. The van der Waals surface area contributed by atoms with Crippen LogP contribution >= 0.6 is 0 Å². The summed E-state index contributed by atoms with van der Waals surface area (Å²) in [6.07, 6.45) is 1.77. The van der Waals surface area contributed by atoms with Crippen LogP contribution in [0.5, 0.6) is 0 Å². The van der Waals surface area contributed by atoms with E-state index >= 15 is 0 Å². The summed E-state index contributed by atoms with van der Waals surface area (Å²) in [4.78, 5) is 10.7. The predicted molar refractivity (Wildman–Crippen MR) is 45.6 cm³/mol. The predicted octanol–water partition coefficient (Wildman–Crippen LogP) is 1.21. The van der Waals surface area contributed by atoms with Crippen LogP contribution in [-0.4, -0.2) is 28.4 Å². The molecule has 0 radical (unpaired) electrons. The lowest BCUT2D eigenvalue weighted by molar-refractivity contribution is 0.0673. The highest BCUT2D eigenvalue weighted by atomic mass is 16.5. The maximum absolute atomic E-state index is 10.7. The van der Waals surface area contributed by atoms with Crippen LogP contribution in [-0.2, 0) is 4.74 Å². The van der Waals surface area contributed by atoms with Gasteiger partial charge in [0, 0.05) is 7.11 Å². The van der Waals surface area contributed by atoms with Crippen LogP contribution < -0.4 is 0 Å². The van der Waals surface area contributed by atoms with Gasteiger partial charge < -0.3 is 9.84 Å². The Morgan fingerprint density at radius 2 is 2.54 bits per heavy atom. The van der Waals surface area contributed by atoms with Crippen LogP contribution in [0.1, 0.15) is 35.5 Å². The van der Waals surface area contributed by atoms with Gasteiger partial charge in [0.15, 0.2) is 0 Å². The molecule has 1 rings (SSSR count). The highest BCUT2D eigenvalue weighted by molar-refractivity contribution is 5.88. The van der Waals surface area contributed by atoms with Crippen molar-refractivity contribution < 1.29 is 14.6 Å². The van der Waals surface area contributed by atoms with E-state index in [1.807, 2.05) is 6.92 Å². The molecule has 0 saturated carbocycles. The lowest BCUT2D eigenvalue weighted by Crippen LogP contribution is -2.07. The number of nitrogens with one attached hydrogen (secondary N) is 1. The highest BCUT2D eigenvalue weighted by Crippen LogP contribution is 2.21. The van der Waals surface area contributed by atoms with Crippen molar-refractivity contribution in [1.82, 2.24) is 10.2 Å². The number of methoxy groups -OCH3 is 1. The standard InChI is InChI=1S/C8H12N2O3/c1-3-6(13-2)7-5(8(11)12)4-9-10-7/h4,6H,3H2,1-2H3,(H,9,10)(H,11,12). The second-order valence-corrected chi connectivity index (χ2v) is 2.64. The van der Waals surface area contributed by atoms with Gasteiger partial charge in [0.05, 0.1) is 18.0 Å². The normalized spacial score (nSPS) is 12.8. The topological polar surface area (TPSA) is 75.2 Å². The summed E-state index contributed by atoms with van der Waals surface area (Å²) in [5.41, 5.74) is 0.700. The Kier molecular flexibility index (Phi) is 3.02. The lowest BCUT2D eigenvalue weighted by Gasteiger charge is -2.11. The maximum atomic E-state index is 10.7. The second kappa shape index (κ2) is 4.04. The van der Waals surface area contributed by atoms with Crippen molar-refractivity contribution in [2.24, 2.45) is 0 Å². The number of aromatic carboxylic acids is 1. The molecule has 0 fully saturated rings. The van der Waals surface area contributed by atoms with E-state index in [2.05, 4.69) is 10.2 Å². The van der Waals surface area contributed by atoms with Gasteiger partial charge >= 0.3 is 5.97 Å². The third kappa shape index (κ3) is 1.86. The molecule has 1 aromatic rings. The number of nitrogens with zero attached hydrogens (tertiary/aromatic N) is 1. The number of carboxylic acid groups (broad SMARTS) is 1. The van der Waals surface area contributed by atoms with E-state index in [4.69, 9.17) is 9.84 Å². The number of carboxylic acids is 1. The molecule has 72 valence electrons. The number of aromatic amines is 1. The molecule has 2 N–H and O–H groups in total. The molecular weight excluding hydrogens is 172 g/mol. The zero-order valence-electron chi connectivity index (χ0n) is 7.57. The van der Waals surface area contributed by atoms with Crippen molar-refractivity contribution in [3.8, 4) is 0 Å². The second-order valence-electron chi connectivity index (χ2n) is 2.64. The lowest BCUT2D eigenvalue weighted by atomic mass is 10.1. The molecular formula is C8H12N2O3. The molecule has 0 amide bonds. The van der Waals surface area contributed by atoms with Crippen molar-refractivity contribution in [2.45, 2.75) is 19.4 Å². The van der Waals surface area contributed by atoms with Gasteiger partial charge in [0.1, 0.15) is 5.56 Å². The van der Waals surface area contributed by atoms with Crippen LogP contribution in [0.4, 0.5) is 0 Å². The van der Waals surface area contributed by atoms with Gasteiger partial charge in [-0.3, -0.25) is 5.10 Å². The molecule has 0 spiro atoms. The molecule has 0 aliphatic rings. The van der Waals surface area contributed by atoms with E-state index in [-0.39, 0.29) is 11.7 Å². The zero-order chi connectivity index (χ0) is 9.84. The van der Waals surface area contributed by atoms with Crippen LogP contribution in [0, 0.1) is 0 Å². The molecule has 0 aliphatic carbocycles. The van der Waals surface area contributed by atoms with Crippen molar-refractivity contribution in [3.63, 3.8) is 0 Å². The van der Waals surface area contributed by atoms with E-state index in [9.17, 15) is 4.79 Å². The van der Waals surface area contributed by atoms with Crippen molar-refractivity contribution in [3.05, 3.63) is 17.5 Å². The molecule has 1 atom stereocenters. The summed E-state index contributed by atoms with van der Waals surface area (Å²) in [6.45, 7) is 1.92. The van der Waals surface area contributed by atoms with Crippen LogP contribution in [0.3, 0.4) is 0 Å². The number of carbonyl (C=O) groups is 1. The molecule has 1 aromatic heterocycles. The van der Waals surface area contributed by atoms with Gasteiger partial charge in [-0.1, -0.05) is 6.92 Å². The summed E-state index contributed by atoms with van der Waals surface area (Å²) < 4.78 is 5.10. The number of ether oxygens (including phenoxy) is 1. The number of rotatable bonds is 4. The molecule has 5 nitrogen and oxygen atoms in total. The molecule has 5 heteroatoms. The Labute approximate surface area is 75.7 Å². The third-order valence-corrected chi connectivity index (χ3v) is 1.88. The van der Waals surface area contributed by atoms with E-state index in [0.717, 1.165) is 0 Å². The SMILES string of the molecule is CCC(OC)c1[nH]ncc1C(=O)O.